The Balaban J connectivity index is 2.19. The number of benzene rings is 2. The fourth-order valence-electron chi connectivity index (χ4n) is 2.99. The monoisotopic (exact) mass is 477 g/mol. The van der Waals surface area contributed by atoms with E-state index in [1.807, 2.05) is 0 Å². The molecule has 3 aromatic rings. The summed E-state index contributed by atoms with van der Waals surface area (Å²) >= 11 is 6.06. The molecule has 0 unspecified atom stereocenters. The van der Waals surface area contributed by atoms with Crippen molar-refractivity contribution in [2.24, 2.45) is 0 Å². The number of sulfone groups is 1. The minimum Gasteiger partial charge on any atom is -0.403 e. The number of aromatic nitrogens is 2. The third-order valence-corrected chi connectivity index (χ3v) is 6.72. The van der Waals surface area contributed by atoms with Gasteiger partial charge in [0.2, 0.25) is 15.7 Å². The summed E-state index contributed by atoms with van der Waals surface area (Å²) in [6, 6.07) is 11.0. The average Bonchev–Trinajstić information content (AvgIpc) is 3.05. The third kappa shape index (κ3) is 4.37. The van der Waals surface area contributed by atoms with Crippen LogP contribution in [0.15, 0.2) is 58.3 Å². The molecule has 0 aliphatic carbocycles. The first-order valence-electron chi connectivity index (χ1n) is 9.40. The zero-order valence-corrected chi connectivity index (χ0v) is 19.3. The van der Waals surface area contributed by atoms with E-state index in [-0.39, 0.29) is 37.6 Å². The molecule has 9 nitrogen and oxygen atoms in total. The van der Waals surface area contributed by atoms with E-state index >= 15 is 0 Å². The second-order valence-electron chi connectivity index (χ2n) is 7.93. The second-order valence-corrected chi connectivity index (χ2v) is 10.2. The lowest BCUT2D eigenvalue weighted by atomic mass is 10.1. The maximum absolute atomic E-state index is 13.4. The van der Waals surface area contributed by atoms with Crippen LogP contribution in [-0.4, -0.2) is 29.1 Å². The number of esters is 1. The molecule has 0 amide bonds. The first-order chi connectivity index (χ1) is 14.8. The molecule has 3 rings (SSSR count). The Kier molecular flexibility index (Phi) is 6.12. The number of halogens is 1. The van der Waals surface area contributed by atoms with Crippen LogP contribution >= 0.6 is 11.6 Å². The summed E-state index contributed by atoms with van der Waals surface area (Å²) < 4.78 is 33.6. The second kappa shape index (κ2) is 8.36. The number of carbonyl (C=O) groups is 1. The number of nitrogens with zero attached hydrogens (tertiary/aromatic N) is 3. The van der Waals surface area contributed by atoms with Crippen molar-refractivity contribution in [1.29, 1.82) is 0 Å². The molecule has 0 N–H and O–H groups in total. The lowest BCUT2D eigenvalue weighted by molar-refractivity contribution is -0.384. The van der Waals surface area contributed by atoms with Crippen LogP contribution in [0.3, 0.4) is 0 Å². The Labute approximate surface area is 189 Å². The minimum absolute atomic E-state index is 0.00207. The number of hydrogen-bond donors (Lipinski definition) is 0. The Hall–Kier alpha value is -3.24. The number of nitro groups is 1. The van der Waals surface area contributed by atoms with Crippen molar-refractivity contribution in [2.45, 2.75) is 43.0 Å². The molecule has 0 fully saturated rings. The fourth-order valence-corrected chi connectivity index (χ4v) is 4.72. The summed E-state index contributed by atoms with van der Waals surface area (Å²) in [4.78, 5) is 23.1. The molecule has 32 heavy (non-hydrogen) atoms. The van der Waals surface area contributed by atoms with Gasteiger partial charge in [0.25, 0.3) is 5.69 Å². The first-order valence-corrected chi connectivity index (χ1v) is 11.3. The van der Waals surface area contributed by atoms with Crippen LogP contribution in [0.25, 0.3) is 0 Å². The molecule has 0 aliphatic rings. The van der Waals surface area contributed by atoms with Crippen molar-refractivity contribution < 1.29 is 22.9 Å². The highest BCUT2D eigenvalue weighted by atomic mass is 35.5. The number of rotatable bonds is 5. The molecule has 0 saturated carbocycles. The third-order valence-electron chi connectivity index (χ3n) is 4.49. The van der Waals surface area contributed by atoms with Crippen molar-refractivity contribution in [2.75, 3.05) is 0 Å². The maximum atomic E-state index is 13.4. The van der Waals surface area contributed by atoms with Crippen molar-refractivity contribution in [3.63, 3.8) is 0 Å². The van der Waals surface area contributed by atoms with Gasteiger partial charge < -0.3 is 4.74 Å². The van der Waals surface area contributed by atoms with Crippen LogP contribution in [0.5, 0.6) is 5.88 Å². The van der Waals surface area contributed by atoms with Crippen LogP contribution < -0.4 is 4.74 Å². The normalized spacial score (nSPS) is 11.9. The summed E-state index contributed by atoms with van der Waals surface area (Å²) in [5, 5.41) is 15.3. The van der Waals surface area contributed by atoms with Crippen LogP contribution in [0.2, 0.25) is 5.02 Å². The first kappa shape index (κ1) is 23.4. The van der Waals surface area contributed by atoms with Gasteiger partial charge in [-0.05, 0) is 45.9 Å². The molecule has 1 aromatic heterocycles. The standard InChI is InChI=1S/C21H20ClN3O6S/c1-13-18(32(29,30)15-8-6-5-7-9-15)19(24(23-13)21(2,3)4)31-20(26)16-12-14(25(27)28)10-11-17(16)22/h5-12H,1-4H3. The summed E-state index contributed by atoms with van der Waals surface area (Å²) in [6.07, 6.45) is 0. The molecule has 0 aliphatic heterocycles. The van der Waals surface area contributed by atoms with Gasteiger partial charge in [0.05, 0.1) is 31.6 Å². The smallest absolute Gasteiger partial charge is 0.346 e. The van der Waals surface area contributed by atoms with E-state index in [0.717, 1.165) is 12.1 Å². The molecule has 1 heterocycles. The van der Waals surface area contributed by atoms with Gasteiger partial charge in [-0.2, -0.15) is 5.10 Å². The van der Waals surface area contributed by atoms with Gasteiger partial charge in [0.1, 0.15) is 0 Å². The number of nitro benzene ring substituents is 1. The molecular formula is C21H20ClN3O6S. The zero-order chi connectivity index (χ0) is 23.8. The Bertz CT molecular complexity index is 1310. The van der Waals surface area contributed by atoms with Gasteiger partial charge in [-0.3, -0.25) is 10.1 Å². The predicted octanol–water partition coefficient (Wildman–Crippen LogP) is 4.56. The van der Waals surface area contributed by atoms with Crippen LogP contribution in [-0.2, 0) is 15.4 Å². The number of carbonyl (C=O) groups excluding carboxylic acids is 1. The predicted molar refractivity (Wildman–Crippen MR) is 117 cm³/mol. The Morgan fingerprint density at radius 1 is 1.16 bits per heavy atom. The van der Waals surface area contributed by atoms with Gasteiger partial charge in [-0.1, -0.05) is 29.8 Å². The van der Waals surface area contributed by atoms with E-state index in [0.29, 0.717) is 0 Å². The quantitative estimate of drug-likeness (QED) is 0.300. The summed E-state index contributed by atoms with van der Waals surface area (Å²) in [7, 11) is -4.10. The van der Waals surface area contributed by atoms with Gasteiger partial charge in [-0.25, -0.2) is 17.9 Å². The Morgan fingerprint density at radius 3 is 2.34 bits per heavy atom. The van der Waals surface area contributed by atoms with Gasteiger partial charge in [0, 0.05) is 12.1 Å². The van der Waals surface area contributed by atoms with Crippen molar-refractivity contribution in [3.8, 4) is 5.88 Å². The number of hydrogen-bond acceptors (Lipinski definition) is 7. The minimum atomic E-state index is -4.10. The van der Waals surface area contributed by atoms with Gasteiger partial charge in [0.15, 0.2) is 4.90 Å². The number of ether oxygens (including phenoxy) is 1. The van der Waals surface area contributed by atoms with Crippen molar-refractivity contribution in [3.05, 3.63) is 74.9 Å². The molecule has 2 aromatic carbocycles. The molecule has 168 valence electrons. The molecular weight excluding hydrogens is 458 g/mol. The average molecular weight is 478 g/mol. The number of non-ortho nitro benzene ring substituents is 1. The molecule has 0 saturated heterocycles. The van der Waals surface area contributed by atoms with Crippen molar-refractivity contribution in [1.82, 2.24) is 9.78 Å². The molecule has 0 spiro atoms. The largest absolute Gasteiger partial charge is 0.403 e. The zero-order valence-electron chi connectivity index (χ0n) is 17.7. The SMILES string of the molecule is Cc1nn(C(C)(C)C)c(OC(=O)c2cc([N+](=O)[O-])ccc2Cl)c1S(=O)(=O)c1ccccc1. The topological polar surface area (TPSA) is 121 Å². The van der Waals surface area contributed by atoms with E-state index in [1.54, 1.807) is 39.0 Å². The summed E-state index contributed by atoms with van der Waals surface area (Å²) in [5.41, 5.74) is -1.25. The summed E-state index contributed by atoms with van der Waals surface area (Å²) in [5.74, 6) is -1.35. The maximum Gasteiger partial charge on any atom is 0.346 e. The van der Waals surface area contributed by atoms with Gasteiger partial charge in [-0.15, -0.1) is 0 Å². The van der Waals surface area contributed by atoms with E-state index in [9.17, 15) is 23.3 Å². The van der Waals surface area contributed by atoms with E-state index in [1.165, 1.54) is 29.8 Å². The molecule has 0 atom stereocenters. The molecule has 11 heteroatoms. The highest BCUT2D eigenvalue weighted by Crippen LogP contribution is 2.36. The van der Waals surface area contributed by atoms with Gasteiger partial charge >= 0.3 is 5.97 Å². The van der Waals surface area contributed by atoms with E-state index in [4.69, 9.17) is 16.3 Å². The lowest BCUT2D eigenvalue weighted by Crippen LogP contribution is -2.26. The van der Waals surface area contributed by atoms with E-state index < -0.39 is 26.3 Å². The lowest BCUT2D eigenvalue weighted by Gasteiger charge is -2.22. The Morgan fingerprint density at radius 2 is 1.78 bits per heavy atom. The van der Waals surface area contributed by atoms with Crippen LogP contribution in [0.1, 0.15) is 36.8 Å². The fraction of sp³-hybridized carbons (Fsp3) is 0.238. The highest BCUT2D eigenvalue weighted by Gasteiger charge is 2.35. The molecule has 0 radical (unpaired) electrons. The van der Waals surface area contributed by atoms with Crippen LogP contribution in [0, 0.1) is 17.0 Å². The summed E-state index contributed by atoms with van der Waals surface area (Å²) in [6.45, 7) is 6.78. The van der Waals surface area contributed by atoms with E-state index in [2.05, 4.69) is 5.10 Å². The van der Waals surface area contributed by atoms with Crippen LogP contribution in [0.4, 0.5) is 5.69 Å². The van der Waals surface area contributed by atoms with Crippen molar-refractivity contribution >= 4 is 33.1 Å². The number of aryl methyl sites for hydroxylation is 1. The molecule has 0 bridgehead atoms. The highest BCUT2D eigenvalue weighted by molar-refractivity contribution is 7.91.